The van der Waals surface area contributed by atoms with Crippen molar-refractivity contribution in [2.45, 2.75) is 90.6 Å². The number of amides is 1. The van der Waals surface area contributed by atoms with E-state index in [1.807, 2.05) is 6.92 Å². The summed E-state index contributed by atoms with van der Waals surface area (Å²) in [5, 5.41) is 0. The molecule has 144 valence electrons. The molecule has 1 fully saturated rings. The first kappa shape index (κ1) is 19.4. The molecule has 0 radical (unpaired) electrons. The Kier molecular flexibility index (Phi) is 6.39. The van der Waals surface area contributed by atoms with Crippen molar-refractivity contribution >= 4 is 11.6 Å². The normalized spacial score (nSPS) is 26.6. The number of rotatable bonds is 6. The number of unbranched alkanes of at least 4 members (excludes halogenated alkanes) is 1. The van der Waals surface area contributed by atoms with Gasteiger partial charge in [0, 0.05) is 23.7 Å². The van der Waals surface area contributed by atoms with Gasteiger partial charge in [0.15, 0.2) is 0 Å². The molecular formula is C23H36N2O. The molecule has 2 aliphatic rings. The van der Waals surface area contributed by atoms with Crippen LogP contribution in [-0.2, 0) is 17.6 Å². The zero-order chi connectivity index (χ0) is 18.7. The van der Waals surface area contributed by atoms with Gasteiger partial charge < -0.3 is 10.6 Å². The minimum atomic E-state index is 0.174. The first-order valence-electron chi connectivity index (χ1n) is 10.7. The van der Waals surface area contributed by atoms with Gasteiger partial charge in [0.2, 0.25) is 5.91 Å². The lowest BCUT2D eigenvalue weighted by molar-refractivity contribution is -0.123. The van der Waals surface area contributed by atoms with E-state index in [2.05, 4.69) is 36.9 Å². The summed E-state index contributed by atoms with van der Waals surface area (Å²) in [6.45, 7) is 6.50. The van der Waals surface area contributed by atoms with Gasteiger partial charge >= 0.3 is 0 Å². The lowest BCUT2D eigenvalue weighted by atomic mass is 9.79. The minimum Gasteiger partial charge on any atom is -0.328 e. The van der Waals surface area contributed by atoms with E-state index < -0.39 is 0 Å². The quantitative estimate of drug-likeness (QED) is 0.792. The summed E-state index contributed by atoms with van der Waals surface area (Å²) in [6.07, 6.45) is 10.5. The Hall–Kier alpha value is -1.35. The molecule has 1 aromatic rings. The number of benzene rings is 1. The van der Waals surface area contributed by atoms with Gasteiger partial charge in [-0.3, -0.25) is 4.79 Å². The molecule has 3 nitrogen and oxygen atoms in total. The van der Waals surface area contributed by atoms with Crippen LogP contribution in [0, 0.1) is 11.8 Å². The second-order valence-corrected chi connectivity index (χ2v) is 8.77. The summed E-state index contributed by atoms with van der Waals surface area (Å²) >= 11 is 0. The largest absolute Gasteiger partial charge is 0.328 e. The van der Waals surface area contributed by atoms with Gasteiger partial charge in [-0.25, -0.2) is 0 Å². The van der Waals surface area contributed by atoms with Crippen molar-refractivity contribution in [1.82, 2.24) is 0 Å². The van der Waals surface area contributed by atoms with E-state index in [1.54, 1.807) is 0 Å². The molecule has 1 aliphatic heterocycles. The highest BCUT2D eigenvalue weighted by Crippen LogP contribution is 2.38. The summed E-state index contributed by atoms with van der Waals surface area (Å²) in [5.74, 6) is 1.44. The number of hydrogen-bond donors (Lipinski definition) is 1. The smallest absolute Gasteiger partial charge is 0.230 e. The SMILES string of the molecule is CCCCC1CCC(C(=O)N2c3ccc(CC(C)N)cc3CC2C)CC1. The highest BCUT2D eigenvalue weighted by atomic mass is 16.2. The summed E-state index contributed by atoms with van der Waals surface area (Å²) in [6, 6.07) is 7.03. The molecule has 3 heteroatoms. The third kappa shape index (κ3) is 4.31. The fraction of sp³-hybridized carbons (Fsp3) is 0.696. The highest BCUT2D eigenvalue weighted by molar-refractivity contribution is 5.97. The molecule has 0 bridgehead atoms. The topological polar surface area (TPSA) is 46.3 Å². The minimum absolute atomic E-state index is 0.174. The molecule has 0 spiro atoms. The van der Waals surface area contributed by atoms with E-state index in [4.69, 9.17) is 5.73 Å². The molecule has 0 aromatic heterocycles. The van der Waals surface area contributed by atoms with Gasteiger partial charge in [0.25, 0.3) is 0 Å². The second-order valence-electron chi connectivity index (χ2n) is 8.77. The average Bonchev–Trinajstić information content (AvgIpc) is 2.94. The van der Waals surface area contributed by atoms with Crippen molar-refractivity contribution < 1.29 is 4.79 Å². The third-order valence-electron chi connectivity index (χ3n) is 6.32. The van der Waals surface area contributed by atoms with Crippen LogP contribution in [-0.4, -0.2) is 18.0 Å². The van der Waals surface area contributed by atoms with Gasteiger partial charge in [-0.05, 0) is 75.5 Å². The Balaban J connectivity index is 1.66. The van der Waals surface area contributed by atoms with Crippen LogP contribution in [0.2, 0.25) is 0 Å². The first-order chi connectivity index (χ1) is 12.5. The third-order valence-corrected chi connectivity index (χ3v) is 6.32. The van der Waals surface area contributed by atoms with Gasteiger partial charge in [-0.1, -0.05) is 38.3 Å². The van der Waals surface area contributed by atoms with Crippen LogP contribution < -0.4 is 10.6 Å². The number of anilines is 1. The van der Waals surface area contributed by atoms with Crippen LogP contribution >= 0.6 is 0 Å². The van der Waals surface area contributed by atoms with Crippen molar-refractivity contribution in [3.63, 3.8) is 0 Å². The molecule has 3 rings (SSSR count). The summed E-state index contributed by atoms with van der Waals surface area (Å²) in [5.41, 5.74) is 9.70. The van der Waals surface area contributed by atoms with Crippen LogP contribution in [0.25, 0.3) is 0 Å². The monoisotopic (exact) mass is 356 g/mol. The molecule has 2 unspecified atom stereocenters. The molecule has 0 saturated heterocycles. The van der Waals surface area contributed by atoms with E-state index in [1.165, 1.54) is 43.2 Å². The predicted octanol–water partition coefficient (Wildman–Crippen LogP) is 4.85. The number of nitrogens with zero attached hydrogens (tertiary/aromatic N) is 1. The predicted molar refractivity (Wildman–Crippen MR) is 109 cm³/mol. The Bertz CT molecular complexity index is 617. The van der Waals surface area contributed by atoms with E-state index >= 15 is 0 Å². The maximum atomic E-state index is 13.3. The molecule has 1 heterocycles. The van der Waals surface area contributed by atoms with Gasteiger partial charge in [-0.2, -0.15) is 0 Å². The highest BCUT2D eigenvalue weighted by Gasteiger charge is 2.36. The number of carbonyl (C=O) groups is 1. The zero-order valence-electron chi connectivity index (χ0n) is 16.8. The summed E-state index contributed by atoms with van der Waals surface area (Å²) < 4.78 is 0. The zero-order valence-corrected chi connectivity index (χ0v) is 16.8. The maximum absolute atomic E-state index is 13.3. The first-order valence-corrected chi connectivity index (χ1v) is 10.7. The number of fused-ring (bicyclic) bond motifs is 1. The molecule has 1 amide bonds. The standard InChI is InChI=1S/C23H36N2O/c1-4-5-6-18-7-10-20(11-8-18)23(26)25-17(3)14-21-15-19(13-16(2)24)9-12-22(21)25/h9,12,15-18,20H,4-8,10-11,13-14,24H2,1-3H3. The Morgan fingerprint density at radius 2 is 2.00 bits per heavy atom. The van der Waals surface area contributed by atoms with E-state index in [9.17, 15) is 4.79 Å². The molecule has 2 N–H and O–H groups in total. The van der Waals surface area contributed by atoms with Gasteiger partial charge in [0.1, 0.15) is 0 Å². The van der Waals surface area contributed by atoms with Crippen LogP contribution in [0.15, 0.2) is 18.2 Å². The molecule has 1 aromatic carbocycles. The summed E-state index contributed by atoms with van der Waals surface area (Å²) in [4.78, 5) is 15.4. The van der Waals surface area contributed by atoms with Gasteiger partial charge in [-0.15, -0.1) is 0 Å². The molecular weight excluding hydrogens is 320 g/mol. The maximum Gasteiger partial charge on any atom is 0.230 e. The van der Waals surface area contributed by atoms with Crippen LogP contribution in [0.1, 0.15) is 76.8 Å². The molecule has 1 saturated carbocycles. The van der Waals surface area contributed by atoms with E-state index in [0.717, 1.165) is 37.3 Å². The van der Waals surface area contributed by atoms with Gasteiger partial charge in [0.05, 0.1) is 0 Å². The van der Waals surface area contributed by atoms with E-state index in [0.29, 0.717) is 5.91 Å². The molecule has 2 atom stereocenters. The number of carbonyl (C=O) groups excluding carboxylic acids is 1. The fourth-order valence-electron chi connectivity index (χ4n) is 4.91. The van der Waals surface area contributed by atoms with Crippen LogP contribution in [0.3, 0.4) is 0 Å². The average molecular weight is 357 g/mol. The second kappa shape index (κ2) is 8.56. The van der Waals surface area contributed by atoms with E-state index in [-0.39, 0.29) is 18.0 Å². The number of nitrogens with two attached hydrogens (primary N) is 1. The van der Waals surface area contributed by atoms with Crippen LogP contribution in [0.5, 0.6) is 0 Å². The Morgan fingerprint density at radius 3 is 2.65 bits per heavy atom. The lowest BCUT2D eigenvalue weighted by Crippen LogP contribution is -2.41. The van der Waals surface area contributed by atoms with Crippen molar-refractivity contribution in [1.29, 1.82) is 0 Å². The Morgan fingerprint density at radius 1 is 1.27 bits per heavy atom. The number of hydrogen-bond acceptors (Lipinski definition) is 2. The molecule has 1 aliphatic carbocycles. The van der Waals surface area contributed by atoms with Crippen molar-refractivity contribution in [2.75, 3.05) is 4.90 Å². The lowest BCUT2D eigenvalue weighted by Gasteiger charge is -2.32. The fourth-order valence-corrected chi connectivity index (χ4v) is 4.91. The Labute approximate surface area is 159 Å². The van der Waals surface area contributed by atoms with Crippen LogP contribution in [0.4, 0.5) is 5.69 Å². The van der Waals surface area contributed by atoms with Crippen molar-refractivity contribution in [3.05, 3.63) is 29.3 Å². The molecule has 26 heavy (non-hydrogen) atoms. The summed E-state index contributed by atoms with van der Waals surface area (Å²) in [7, 11) is 0. The van der Waals surface area contributed by atoms with Crippen molar-refractivity contribution in [3.8, 4) is 0 Å². The van der Waals surface area contributed by atoms with Crippen molar-refractivity contribution in [2.24, 2.45) is 17.6 Å².